The zero-order valence-electron chi connectivity index (χ0n) is 9.09. The second-order valence-corrected chi connectivity index (χ2v) is 4.23. The van der Waals surface area contributed by atoms with Gasteiger partial charge in [-0.15, -0.1) is 0 Å². The van der Waals surface area contributed by atoms with E-state index in [2.05, 4.69) is 39.0 Å². The summed E-state index contributed by atoms with van der Waals surface area (Å²) in [7, 11) is 0. The van der Waals surface area contributed by atoms with Crippen molar-refractivity contribution in [2.45, 2.75) is 26.7 Å². The normalized spacial score (nSPS) is 19.4. The van der Waals surface area contributed by atoms with E-state index < -0.39 is 0 Å². The third-order valence-corrected chi connectivity index (χ3v) is 3.00. The Kier molecular flexibility index (Phi) is 2.20. The van der Waals surface area contributed by atoms with Gasteiger partial charge in [-0.3, -0.25) is 0 Å². The summed E-state index contributed by atoms with van der Waals surface area (Å²) in [5.74, 6) is 0.532. The van der Waals surface area contributed by atoms with Crippen LogP contribution in [0.25, 0.3) is 5.57 Å². The van der Waals surface area contributed by atoms with E-state index in [1.54, 1.807) is 0 Å². The average molecular weight is 187 g/mol. The predicted octanol–water partition coefficient (Wildman–Crippen LogP) is 2.76. The summed E-state index contributed by atoms with van der Waals surface area (Å²) in [6.45, 7) is 7.23. The fourth-order valence-corrected chi connectivity index (χ4v) is 2.50. The molecule has 0 saturated heterocycles. The fourth-order valence-electron chi connectivity index (χ4n) is 2.50. The topological polar surface area (TPSA) is 26.0 Å². The fraction of sp³-hybridized carbons (Fsp3) is 0.385. The van der Waals surface area contributed by atoms with Gasteiger partial charge in [0.05, 0.1) is 0 Å². The van der Waals surface area contributed by atoms with E-state index in [0.717, 1.165) is 0 Å². The quantitative estimate of drug-likeness (QED) is 0.718. The maximum atomic E-state index is 5.74. The minimum atomic E-state index is 0.532. The lowest BCUT2D eigenvalue weighted by molar-refractivity contribution is 0.971. The van der Waals surface area contributed by atoms with Crippen molar-refractivity contribution in [2.24, 2.45) is 5.73 Å². The van der Waals surface area contributed by atoms with Crippen molar-refractivity contribution >= 4 is 5.57 Å². The first kappa shape index (κ1) is 9.47. The number of allylic oxidation sites excluding steroid dienone is 1. The largest absolute Gasteiger partial charge is 0.326 e. The Morgan fingerprint density at radius 3 is 2.64 bits per heavy atom. The first-order chi connectivity index (χ1) is 6.63. The van der Waals surface area contributed by atoms with Gasteiger partial charge in [-0.2, -0.15) is 0 Å². The van der Waals surface area contributed by atoms with E-state index in [-0.39, 0.29) is 0 Å². The number of nitrogens with two attached hydrogens (primary N) is 1. The van der Waals surface area contributed by atoms with Crippen LogP contribution in [0.1, 0.15) is 35.1 Å². The third kappa shape index (κ3) is 1.28. The van der Waals surface area contributed by atoms with Crippen LogP contribution >= 0.6 is 0 Å². The van der Waals surface area contributed by atoms with Crippen molar-refractivity contribution in [3.8, 4) is 0 Å². The highest BCUT2D eigenvalue weighted by Gasteiger charge is 2.20. The van der Waals surface area contributed by atoms with Crippen LogP contribution in [0, 0.1) is 13.8 Å². The molecule has 0 aliphatic heterocycles. The molecule has 2 rings (SSSR count). The SMILES string of the molecule is Cc1cc(C)c2c(c1)C(CN)=CC2C. The summed E-state index contributed by atoms with van der Waals surface area (Å²) < 4.78 is 0. The van der Waals surface area contributed by atoms with Gasteiger partial charge in [0.15, 0.2) is 0 Å². The number of hydrogen-bond donors (Lipinski definition) is 1. The lowest BCUT2D eigenvalue weighted by atomic mass is 9.94. The predicted molar refractivity (Wildman–Crippen MR) is 61.4 cm³/mol. The van der Waals surface area contributed by atoms with Gasteiger partial charge in [-0.25, -0.2) is 0 Å². The molecule has 0 heterocycles. The Morgan fingerprint density at radius 2 is 2.00 bits per heavy atom. The van der Waals surface area contributed by atoms with Crippen LogP contribution in [0.4, 0.5) is 0 Å². The molecule has 0 aromatic heterocycles. The molecule has 1 aromatic carbocycles. The Labute approximate surface area is 85.6 Å². The Morgan fingerprint density at radius 1 is 1.29 bits per heavy atom. The van der Waals surface area contributed by atoms with E-state index in [1.807, 2.05) is 0 Å². The van der Waals surface area contributed by atoms with Crippen LogP contribution in [0.15, 0.2) is 18.2 Å². The van der Waals surface area contributed by atoms with E-state index in [4.69, 9.17) is 5.73 Å². The molecule has 1 nitrogen and oxygen atoms in total. The monoisotopic (exact) mass is 187 g/mol. The molecule has 1 aromatic rings. The summed E-state index contributed by atoms with van der Waals surface area (Å²) in [5.41, 5.74) is 12.6. The molecular formula is C13H17N. The lowest BCUT2D eigenvalue weighted by Crippen LogP contribution is -2.01. The smallest absolute Gasteiger partial charge is 0.0181 e. The maximum absolute atomic E-state index is 5.74. The molecule has 2 N–H and O–H groups in total. The van der Waals surface area contributed by atoms with Crippen LogP contribution in [-0.2, 0) is 0 Å². The Bertz CT molecular complexity index is 402. The van der Waals surface area contributed by atoms with E-state index in [0.29, 0.717) is 12.5 Å². The van der Waals surface area contributed by atoms with Gasteiger partial charge in [0.2, 0.25) is 0 Å². The van der Waals surface area contributed by atoms with Crippen molar-refractivity contribution < 1.29 is 0 Å². The van der Waals surface area contributed by atoms with E-state index in [1.165, 1.54) is 27.8 Å². The molecule has 0 saturated carbocycles. The molecule has 0 amide bonds. The Balaban J connectivity index is 2.63. The van der Waals surface area contributed by atoms with Crippen molar-refractivity contribution in [2.75, 3.05) is 6.54 Å². The average Bonchev–Trinajstić information content (AvgIpc) is 2.42. The summed E-state index contributed by atoms with van der Waals surface area (Å²) in [6.07, 6.45) is 2.29. The van der Waals surface area contributed by atoms with Crippen molar-refractivity contribution in [1.82, 2.24) is 0 Å². The molecule has 1 unspecified atom stereocenters. The minimum Gasteiger partial charge on any atom is -0.326 e. The highest BCUT2D eigenvalue weighted by atomic mass is 14.5. The number of aryl methyl sites for hydroxylation is 2. The van der Waals surface area contributed by atoms with Crippen LogP contribution in [0.5, 0.6) is 0 Å². The standard InChI is InChI=1S/C13H17N/c1-8-4-9(2)13-10(3)6-11(7-14)12(13)5-8/h4-6,10H,7,14H2,1-3H3. The lowest BCUT2D eigenvalue weighted by Gasteiger charge is -2.11. The molecular weight excluding hydrogens is 170 g/mol. The zero-order valence-corrected chi connectivity index (χ0v) is 9.09. The van der Waals surface area contributed by atoms with Crippen molar-refractivity contribution in [3.63, 3.8) is 0 Å². The first-order valence-corrected chi connectivity index (χ1v) is 5.15. The van der Waals surface area contributed by atoms with Gasteiger partial charge in [0.25, 0.3) is 0 Å². The van der Waals surface area contributed by atoms with Crippen LogP contribution in [0.3, 0.4) is 0 Å². The molecule has 74 valence electrons. The van der Waals surface area contributed by atoms with Crippen LogP contribution < -0.4 is 5.73 Å². The second kappa shape index (κ2) is 3.25. The first-order valence-electron chi connectivity index (χ1n) is 5.15. The van der Waals surface area contributed by atoms with Crippen molar-refractivity contribution in [3.05, 3.63) is 40.5 Å². The van der Waals surface area contributed by atoms with Crippen LogP contribution in [-0.4, -0.2) is 6.54 Å². The number of fused-ring (bicyclic) bond motifs is 1. The molecule has 14 heavy (non-hydrogen) atoms. The van der Waals surface area contributed by atoms with Gasteiger partial charge >= 0.3 is 0 Å². The van der Waals surface area contributed by atoms with Gasteiger partial charge < -0.3 is 5.73 Å². The Hall–Kier alpha value is -1.08. The van der Waals surface area contributed by atoms with Crippen LogP contribution in [0.2, 0.25) is 0 Å². The highest BCUT2D eigenvalue weighted by Crippen LogP contribution is 2.37. The van der Waals surface area contributed by atoms with Crippen molar-refractivity contribution in [1.29, 1.82) is 0 Å². The summed E-state index contributed by atoms with van der Waals surface area (Å²) in [4.78, 5) is 0. The molecule has 0 fully saturated rings. The molecule has 0 bridgehead atoms. The summed E-state index contributed by atoms with van der Waals surface area (Å²) >= 11 is 0. The third-order valence-electron chi connectivity index (χ3n) is 3.00. The van der Waals surface area contributed by atoms with Gasteiger partial charge in [0.1, 0.15) is 0 Å². The molecule has 0 spiro atoms. The minimum absolute atomic E-state index is 0.532. The molecule has 1 aliphatic rings. The molecule has 0 radical (unpaired) electrons. The molecule has 1 aliphatic carbocycles. The second-order valence-electron chi connectivity index (χ2n) is 4.23. The van der Waals surface area contributed by atoms with E-state index in [9.17, 15) is 0 Å². The molecule has 1 heteroatoms. The van der Waals surface area contributed by atoms with Gasteiger partial charge in [0, 0.05) is 12.5 Å². The summed E-state index contributed by atoms with van der Waals surface area (Å²) in [6, 6.07) is 4.51. The van der Waals surface area contributed by atoms with Gasteiger partial charge in [-0.1, -0.05) is 30.7 Å². The highest BCUT2D eigenvalue weighted by molar-refractivity contribution is 5.77. The number of hydrogen-bond acceptors (Lipinski definition) is 1. The van der Waals surface area contributed by atoms with Gasteiger partial charge in [-0.05, 0) is 36.1 Å². The number of rotatable bonds is 1. The number of benzene rings is 1. The maximum Gasteiger partial charge on any atom is 0.0181 e. The van der Waals surface area contributed by atoms with E-state index >= 15 is 0 Å². The summed E-state index contributed by atoms with van der Waals surface area (Å²) in [5, 5.41) is 0. The molecule has 1 atom stereocenters. The zero-order chi connectivity index (χ0) is 10.3.